The van der Waals surface area contributed by atoms with Gasteiger partial charge < -0.3 is 9.47 Å². The van der Waals surface area contributed by atoms with E-state index in [0.717, 1.165) is 31.4 Å². The van der Waals surface area contributed by atoms with Crippen molar-refractivity contribution in [3.63, 3.8) is 0 Å². The SMILES string of the molecule is CC1CCC(C(C)C)C(OC(=O)COC(=O)c2ccccc2NS(=O)(=O)c2ccc(F)cc2F)C1. The van der Waals surface area contributed by atoms with Crippen LogP contribution in [0.15, 0.2) is 47.4 Å². The second-order valence-electron chi connectivity index (χ2n) is 9.16. The summed E-state index contributed by atoms with van der Waals surface area (Å²) in [5, 5.41) is 0. The van der Waals surface area contributed by atoms with Gasteiger partial charge in [0, 0.05) is 6.07 Å². The lowest BCUT2D eigenvalue weighted by atomic mass is 9.75. The van der Waals surface area contributed by atoms with Crippen LogP contribution in [0.3, 0.4) is 0 Å². The maximum atomic E-state index is 14.0. The van der Waals surface area contributed by atoms with Gasteiger partial charge in [-0.05, 0) is 54.9 Å². The summed E-state index contributed by atoms with van der Waals surface area (Å²) in [7, 11) is -4.48. The molecule has 0 heterocycles. The topological polar surface area (TPSA) is 98.8 Å². The van der Waals surface area contributed by atoms with Crippen LogP contribution in [0.25, 0.3) is 0 Å². The highest BCUT2D eigenvalue weighted by Gasteiger charge is 2.33. The molecule has 3 unspecified atom stereocenters. The van der Waals surface area contributed by atoms with Crippen molar-refractivity contribution in [1.82, 2.24) is 0 Å². The van der Waals surface area contributed by atoms with Crippen LogP contribution in [0.4, 0.5) is 14.5 Å². The number of para-hydroxylation sites is 1. The van der Waals surface area contributed by atoms with Gasteiger partial charge in [0.2, 0.25) is 0 Å². The maximum absolute atomic E-state index is 14.0. The van der Waals surface area contributed by atoms with Gasteiger partial charge in [0.15, 0.2) is 6.61 Å². The number of hydrogen-bond donors (Lipinski definition) is 1. The van der Waals surface area contributed by atoms with E-state index < -0.39 is 45.1 Å². The van der Waals surface area contributed by atoms with E-state index in [4.69, 9.17) is 9.47 Å². The number of carbonyl (C=O) groups is 2. The highest BCUT2D eigenvalue weighted by atomic mass is 32.2. The number of rotatable bonds is 8. The first-order chi connectivity index (χ1) is 16.5. The van der Waals surface area contributed by atoms with E-state index >= 15 is 0 Å². The van der Waals surface area contributed by atoms with Gasteiger partial charge in [0.05, 0.1) is 11.3 Å². The molecule has 0 aromatic heterocycles. The fourth-order valence-corrected chi connectivity index (χ4v) is 5.44. The molecule has 0 bridgehead atoms. The third-order valence-electron chi connectivity index (χ3n) is 6.14. The lowest BCUT2D eigenvalue weighted by molar-refractivity contribution is -0.159. The Bertz CT molecular complexity index is 1180. The van der Waals surface area contributed by atoms with Crippen molar-refractivity contribution >= 4 is 27.6 Å². The maximum Gasteiger partial charge on any atom is 0.344 e. The lowest BCUT2D eigenvalue weighted by Crippen LogP contribution is -2.36. The molecule has 0 saturated heterocycles. The Morgan fingerprint density at radius 2 is 1.83 bits per heavy atom. The molecule has 10 heteroatoms. The summed E-state index contributed by atoms with van der Waals surface area (Å²) >= 11 is 0. The highest BCUT2D eigenvalue weighted by Crippen LogP contribution is 2.35. The summed E-state index contributed by atoms with van der Waals surface area (Å²) in [6.45, 7) is 5.63. The zero-order valence-corrected chi connectivity index (χ0v) is 20.6. The minimum Gasteiger partial charge on any atom is -0.460 e. The van der Waals surface area contributed by atoms with Crippen LogP contribution in [-0.2, 0) is 24.3 Å². The van der Waals surface area contributed by atoms with E-state index in [2.05, 4.69) is 25.5 Å². The van der Waals surface area contributed by atoms with Gasteiger partial charge >= 0.3 is 11.9 Å². The van der Waals surface area contributed by atoms with Crippen LogP contribution < -0.4 is 4.72 Å². The zero-order valence-electron chi connectivity index (χ0n) is 19.8. The predicted octanol–water partition coefficient (Wildman–Crippen LogP) is 4.93. The van der Waals surface area contributed by atoms with Crippen LogP contribution in [0.5, 0.6) is 0 Å². The largest absolute Gasteiger partial charge is 0.460 e. The zero-order chi connectivity index (χ0) is 25.8. The van der Waals surface area contributed by atoms with Crippen molar-refractivity contribution in [1.29, 1.82) is 0 Å². The van der Waals surface area contributed by atoms with E-state index in [1.54, 1.807) is 0 Å². The van der Waals surface area contributed by atoms with Crippen molar-refractivity contribution in [2.45, 2.75) is 51.0 Å². The smallest absolute Gasteiger partial charge is 0.344 e. The van der Waals surface area contributed by atoms with Gasteiger partial charge in [0.25, 0.3) is 10.0 Å². The molecule has 35 heavy (non-hydrogen) atoms. The summed E-state index contributed by atoms with van der Waals surface area (Å²) < 4.78 is 65.2. The molecule has 2 aromatic carbocycles. The number of esters is 2. The first-order valence-electron chi connectivity index (χ1n) is 11.4. The fraction of sp³-hybridized carbons (Fsp3) is 0.440. The molecule has 0 spiro atoms. The number of nitrogens with one attached hydrogen (secondary N) is 1. The Morgan fingerprint density at radius 1 is 1.11 bits per heavy atom. The molecule has 1 saturated carbocycles. The average molecular weight is 510 g/mol. The van der Waals surface area contributed by atoms with Gasteiger partial charge in [-0.1, -0.05) is 39.3 Å². The number of ether oxygens (including phenoxy) is 2. The van der Waals surface area contributed by atoms with E-state index in [9.17, 15) is 26.8 Å². The molecule has 1 fully saturated rings. The Morgan fingerprint density at radius 3 is 2.51 bits per heavy atom. The minimum atomic E-state index is -4.48. The van der Waals surface area contributed by atoms with Crippen molar-refractivity contribution in [2.24, 2.45) is 17.8 Å². The number of carbonyl (C=O) groups excluding carboxylic acids is 2. The number of benzene rings is 2. The summed E-state index contributed by atoms with van der Waals surface area (Å²) in [5.41, 5.74) is -0.367. The van der Waals surface area contributed by atoms with Gasteiger partial charge in [-0.15, -0.1) is 0 Å². The monoisotopic (exact) mass is 509 g/mol. The van der Waals surface area contributed by atoms with Gasteiger partial charge in [0.1, 0.15) is 22.6 Å². The Hall–Kier alpha value is -3.01. The standard InChI is InChI=1S/C25H29F2NO6S/c1-15(2)18-10-8-16(3)12-22(18)34-24(29)14-33-25(30)19-6-4-5-7-21(19)28-35(31,32)23-11-9-17(26)13-20(23)27/h4-7,9,11,13,15-16,18,22,28H,8,10,12,14H2,1-3H3. The van der Waals surface area contributed by atoms with Crippen molar-refractivity contribution in [2.75, 3.05) is 11.3 Å². The average Bonchev–Trinajstić information content (AvgIpc) is 2.77. The number of sulfonamides is 1. The minimum absolute atomic E-state index is 0.183. The van der Waals surface area contributed by atoms with Crippen LogP contribution in [0.1, 0.15) is 50.4 Å². The third-order valence-corrected chi connectivity index (χ3v) is 7.54. The molecule has 190 valence electrons. The van der Waals surface area contributed by atoms with Gasteiger partial charge in [-0.25, -0.2) is 26.8 Å². The molecule has 1 aliphatic carbocycles. The quantitative estimate of drug-likeness (QED) is 0.507. The third kappa shape index (κ3) is 6.78. The molecule has 0 aliphatic heterocycles. The van der Waals surface area contributed by atoms with Crippen molar-refractivity contribution in [3.8, 4) is 0 Å². The molecule has 3 atom stereocenters. The summed E-state index contributed by atoms with van der Waals surface area (Å²) in [4.78, 5) is 24.2. The number of anilines is 1. The van der Waals surface area contributed by atoms with Crippen molar-refractivity contribution < 1.29 is 36.3 Å². The Balaban J connectivity index is 1.67. The first-order valence-corrected chi connectivity index (χ1v) is 12.9. The fourth-order valence-electron chi connectivity index (χ4n) is 4.30. The Kier molecular flexibility index (Phi) is 8.47. The van der Waals surface area contributed by atoms with E-state index in [1.807, 2.05) is 0 Å². The van der Waals surface area contributed by atoms with Gasteiger partial charge in [-0.3, -0.25) is 4.72 Å². The van der Waals surface area contributed by atoms with Crippen LogP contribution in [0.2, 0.25) is 0 Å². The van der Waals surface area contributed by atoms with Crippen LogP contribution in [-0.4, -0.2) is 33.1 Å². The molecular weight excluding hydrogens is 480 g/mol. The van der Waals surface area contributed by atoms with E-state index in [1.165, 1.54) is 24.3 Å². The van der Waals surface area contributed by atoms with Crippen molar-refractivity contribution in [3.05, 3.63) is 59.7 Å². The Labute approximate surface area is 203 Å². The lowest BCUT2D eigenvalue weighted by Gasteiger charge is -2.36. The number of hydrogen-bond acceptors (Lipinski definition) is 6. The molecule has 2 aromatic rings. The highest BCUT2D eigenvalue weighted by molar-refractivity contribution is 7.92. The predicted molar refractivity (Wildman–Crippen MR) is 125 cm³/mol. The molecule has 1 aliphatic rings. The second kappa shape index (κ2) is 11.2. The van der Waals surface area contributed by atoms with Gasteiger partial charge in [-0.2, -0.15) is 0 Å². The van der Waals surface area contributed by atoms with Crippen LogP contribution in [0, 0.1) is 29.4 Å². The normalized spacial score (nSPS) is 20.3. The molecule has 1 N–H and O–H groups in total. The number of halogens is 2. The first kappa shape index (κ1) is 26.6. The van der Waals surface area contributed by atoms with Crippen LogP contribution >= 0.6 is 0 Å². The molecule has 3 rings (SSSR count). The summed E-state index contributed by atoms with van der Waals surface area (Å²) in [6.07, 6.45) is 2.52. The summed E-state index contributed by atoms with van der Waals surface area (Å²) in [6, 6.07) is 7.54. The molecular formula is C25H29F2NO6S. The van der Waals surface area contributed by atoms with E-state index in [0.29, 0.717) is 17.9 Å². The summed E-state index contributed by atoms with van der Waals surface area (Å²) in [5.74, 6) is -2.86. The van der Waals surface area contributed by atoms with E-state index in [-0.39, 0.29) is 23.3 Å². The molecule has 7 nitrogen and oxygen atoms in total. The molecule has 0 radical (unpaired) electrons. The second-order valence-corrected chi connectivity index (χ2v) is 10.8. The molecule has 0 amide bonds.